The number of nitrogens with zero attached hydrogens (tertiary/aromatic N) is 4. The summed E-state index contributed by atoms with van der Waals surface area (Å²) in [5.41, 5.74) is 2.04. The van der Waals surface area contributed by atoms with E-state index in [2.05, 4.69) is 10.2 Å². The molecule has 4 rings (SSSR count). The molecule has 0 saturated carbocycles. The lowest BCUT2D eigenvalue weighted by molar-refractivity contribution is -0.129. The number of piperidine rings is 1. The molecule has 0 N–H and O–H groups in total. The number of thioether (sulfide) groups is 1. The van der Waals surface area contributed by atoms with Gasteiger partial charge in [0.15, 0.2) is 5.65 Å². The third-order valence-corrected chi connectivity index (χ3v) is 6.13. The average molecular weight is 401 g/mol. The molecule has 0 aliphatic carbocycles. The van der Waals surface area contributed by atoms with Gasteiger partial charge in [0.1, 0.15) is 5.82 Å². The Morgan fingerprint density at radius 3 is 2.89 bits per heavy atom. The molecule has 1 fully saturated rings. The summed E-state index contributed by atoms with van der Waals surface area (Å²) in [7, 11) is 0. The number of halogens is 1. The van der Waals surface area contributed by atoms with Gasteiger partial charge in [0.05, 0.1) is 5.75 Å². The summed E-state index contributed by atoms with van der Waals surface area (Å²) in [6.45, 7) is 1.55. The van der Waals surface area contributed by atoms with Gasteiger partial charge in [-0.25, -0.2) is 0 Å². The summed E-state index contributed by atoms with van der Waals surface area (Å²) in [4.78, 5) is 14.6. The topological polar surface area (TPSA) is 50.5 Å². The minimum atomic E-state index is 0.201. The Labute approximate surface area is 167 Å². The molecule has 1 atom stereocenters. The Morgan fingerprint density at radius 1 is 1.19 bits per heavy atom. The molecular weight excluding hydrogens is 380 g/mol. The zero-order chi connectivity index (χ0) is 18.6. The van der Waals surface area contributed by atoms with Crippen LogP contribution in [0.5, 0.6) is 0 Å². The van der Waals surface area contributed by atoms with Crippen molar-refractivity contribution in [3.8, 4) is 0 Å². The van der Waals surface area contributed by atoms with Crippen LogP contribution in [0.15, 0.2) is 48.7 Å². The van der Waals surface area contributed by atoms with Gasteiger partial charge < -0.3 is 4.90 Å². The van der Waals surface area contributed by atoms with Gasteiger partial charge in [-0.2, -0.15) is 0 Å². The average Bonchev–Trinajstić information content (AvgIpc) is 3.14. The van der Waals surface area contributed by atoms with Crippen LogP contribution in [0.25, 0.3) is 5.65 Å². The van der Waals surface area contributed by atoms with E-state index in [0.29, 0.717) is 5.75 Å². The Hall–Kier alpha value is -2.05. The highest BCUT2D eigenvalue weighted by Gasteiger charge is 2.27. The molecule has 0 bridgehead atoms. The van der Waals surface area contributed by atoms with Crippen molar-refractivity contribution >= 4 is 34.9 Å². The van der Waals surface area contributed by atoms with Crippen molar-refractivity contribution in [1.29, 1.82) is 0 Å². The highest BCUT2D eigenvalue weighted by Crippen LogP contribution is 2.26. The number of hydrogen-bond donors (Lipinski definition) is 0. The van der Waals surface area contributed by atoms with E-state index in [1.807, 2.05) is 58.0 Å². The number of carbonyl (C=O) groups excluding carboxylic acids is 1. The lowest BCUT2D eigenvalue weighted by Crippen LogP contribution is -2.40. The molecule has 2 aromatic heterocycles. The molecule has 0 spiro atoms. The number of aromatic nitrogens is 3. The summed E-state index contributed by atoms with van der Waals surface area (Å²) in [6, 6.07) is 13.7. The highest BCUT2D eigenvalue weighted by molar-refractivity contribution is 7.99. The second-order valence-electron chi connectivity index (χ2n) is 6.79. The zero-order valence-electron chi connectivity index (χ0n) is 14.9. The molecule has 1 aliphatic heterocycles. The van der Waals surface area contributed by atoms with E-state index in [0.717, 1.165) is 48.2 Å². The summed E-state index contributed by atoms with van der Waals surface area (Å²) in [6.07, 6.45) is 4.03. The first-order valence-corrected chi connectivity index (χ1v) is 10.6. The van der Waals surface area contributed by atoms with Crippen LogP contribution in [-0.4, -0.2) is 44.2 Å². The molecule has 0 unspecified atom stereocenters. The summed E-state index contributed by atoms with van der Waals surface area (Å²) < 4.78 is 2.04. The number of rotatable bonds is 5. The number of carbonyl (C=O) groups is 1. The quantitative estimate of drug-likeness (QED) is 0.649. The molecule has 1 aliphatic rings. The SMILES string of the molecule is O=C(CSCc1ccc(Cl)cc1)N1CCC[C@@H](c2nnc3ccccn23)C1. The Bertz CT molecular complexity index is 927. The standard InChI is InChI=1S/C20H21ClN4OS/c21-17-8-6-15(7-9-17)13-27-14-19(26)24-10-3-4-16(12-24)20-23-22-18-5-1-2-11-25(18)20/h1-2,5-9,11,16H,3-4,10,12-14H2/t16-/m1/s1. The lowest BCUT2D eigenvalue weighted by Gasteiger charge is -2.32. The molecule has 7 heteroatoms. The number of fused-ring (bicyclic) bond motifs is 1. The minimum absolute atomic E-state index is 0.201. The van der Waals surface area contributed by atoms with Crippen LogP contribution in [0.3, 0.4) is 0 Å². The predicted octanol–water partition coefficient (Wildman–Crippen LogP) is 4.02. The van der Waals surface area contributed by atoms with Gasteiger partial charge in [-0.1, -0.05) is 29.8 Å². The molecular formula is C20H21ClN4OS. The fourth-order valence-electron chi connectivity index (χ4n) is 3.48. The van der Waals surface area contributed by atoms with Gasteiger partial charge in [0.2, 0.25) is 5.91 Å². The van der Waals surface area contributed by atoms with Gasteiger partial charge >= 0.3 is 0 Å². The largest absolute Gasteiger partial charge is 0.341 e. The summed E-state index contributed by atoms with van der Waals surface area (Å²) >= 11 is 7.56. The van der Waals surface area contributed by atoms with E-state index in [1.54, 1.807) is 11.8 Å². The number of likely N-dealkylation sites (tertiary alicyclic amines) is 1. The molecule has 140 valence electrons. The van der Waals surface area contributed by atoms with Crippen LogP contribution in [0, 0.1) is 0 Å². The molecule has 1 amide bonds. The van der Waals surface area contributed by atoms with Crippen LogP contribution >= 0.6 is 23.4 Å². The smallest absolute Gasteiger partial charge is 0.232 e. The van der Waals surface area contributed by atoms with Crippen molar-refractivity contribution in [1.82, 2.24) is 19.5 Å². The summed E-state index contributed by atoms with van der Waals surface area (Å²) in [5, 5.41) is 9.37. The monoisotopic (exact) mass is 400 g/mol. The molecule has 3 heterocycles. The van der Waals surface area contributed by atoms with E-state index in [9.17, 15) is 4.79 Å². The van der Waals surface area contributed by atoms with Crippen molar-refractivity contribution < 1.29 is 4.79 Å². The van der Waals surface area contributed by atoms with Crippen LogP contribution in [0.1, 0.15) is 30.1 Å². The fourth-order valence-corrected chi connectivity index (χ4v) is 4.49. The first kappa shape index (κ1) is 18.3. The zero-order valence-corrected chi connectivity index (χ0v) is 16.5. The summed E-state index contributed by atoms with van der Waals surface area (Å²) in [5.74, 6) is 2.70. The van der Waals surface area contributed by atoms with Gasteiger partial charge in [0, 0.05) is 36.0 Å². The maximum atomic E-state index is 12.7. The predicted molar refractivity (Wildman–Crippen MR) is 109 cm³/mol. The van der Waals surface area contributed by atoms with Crippen LogP contribution in [-0.2, 0) is 10.5 Å². The molecule has 1 aromatic carbocycles. The number of amides is 1. The molecule has 27 heavy (non-hydrogen) atoms. The number of pyridine rings is 1. The van der Waals surface area contributed by atoms with E-state index in [-0.39, 0.29) is 11.8 Å². The second kappa shape index (κ2) is 8.31. The fraction of sp³-hybridized carbons (Fsp3) is 0.350. The Balaban J connectivity index is 1.35. The van der Waals surface area contributed by atoms with E-state index in [4.69, 9.17) is 11.6 Å². The number of hydrogen-bond acceptors (Lipinski definition) is 4. The van der Waals surface area contributed by atoms with Crippen LogP contribution in [0.4, 0.5) is 0 Å². The van der Waals surface area contributed by atoms with Crippen LogP contribution < -0.4 is 0 Å². The van der Waals surface area contributed by atoms with Gasteiger partial charge in [0.25, 0.3) is 0 Å². The Kier molecular flexibility index (Phi) is 5.64. The maximum absolute atomic E-state index is 12.7. The maximum Gasteiger partial charge on any atom is 0.232 e. The molecule has 0 radical (unpaired) electrons. The van der Waals surface area contributed by atoms with Crippen molar-refractivity contribution in [3.63, 3.8) is 0 Å². The van der Waals surface area contributed by atoms with Gasteiger partial charge in [-0.15, -0.1) is 22.0 Å². The van der Waals surface area contributed by atoms with Gasteiger partial charge in [-0.3, -0.25) is 9.20 Å². The van der Waals surface area contributed by atoms with Crippen molar-refractivity contribution in [3.05, 3.63) is 65.1 Å². The highest BCUT2D eigenvalue weighted by atomic mass is 35.5. The van der Waals surface area contributed by atoms with E-state index < -0.39 is 0 Å². The van der Waals surface area contributed by atoms with E-state index >= 15 is 0 Å². The molecule has 1 saturated heterocycles. The third-order valence-electron chi connectivity index (χ3n) is 4.89. The first-order chi connectivity index (χ1) is 13.2. The van der Waals surface area contributed by atoms with Crippen molar-refractivity contribution in [2.75, 3.05) is 18.8 Å². The Morgan fingerprint density at radius 2 is 2.04 bits per heavy atom. The minimum Gasteiger partial charge on any atom is -0.341 e. The molecule has 5 nitrogen and oxygen atoms in total. The lowest BCUT2D eigenvalue weighted by atomic mass is 9.97. The van der Waals surface area contributed by atoms with Gasteiger partial charge in [-0.05, 0) is 42.7 Å². The van der Waals surface area contributed by atoms with Crippen molar-refractivity contribution in [2.45, 2.75) is 24.5 Å². The van der Waals surface area contributed by atoms with Crippen molar-refractivity contribution in [2.24, 2.45) is 0 Å². The second-order valence-corrected chi connectivity index (χ2v) is 8.21. The molecule has 3 aromatic rings. The third kappa shape index (κ3) is 4.28. The van der Waals surface area contributed by atoms with Crippen LogP contribution in [0.2, 0.25) is 5.02 Å². The number of benzene rings is 1. The first-order valence-electron chi connectivity index (χ1n) is 9.10. The van der Waals surface area contributed by atoms with E-state index in [1.165, 1.54) is 5.56 Å². The normalized spacial score (nSPS) is 17.4.